The molecule has 1 fully saturated rings. The van der Waals surface area contributed by atoms with Crippen molar-refractivity contribution in [2.45, 2.75) is 26.4 Å². The van der Waals surface area contributed by atoms with Crippen LogP contribution in [0.15, 0.2) is 12.1 Å². The van der Waals surface area contributed by atoms with Gasteiger partial charge in [-0.15, -0.1) is 0 Å². The van der Waals surface area contributed by atoms with Gasteiger partial charge in [0.2, 0.25) is 0 Å². The molecule has 1 aromatic carbocycles. The van der Waals surface area contributed by atoms with Gasteiger partial charge in [0.15, 0.2) is 0 Å². The second kappa shape index (κ2) is 5.80. The smallest absolute Gasteiger partial charge is 0.306 e. The fourth-order valence-electron chi connectivity index (χ4n) is 2.48. The molecule has 0 bridgehead atoms. The SMILES string of the molecule is Cc1cc(Cl)c(N2CCC(C(=O)O)CC2)cc1CO. The van der Waals surface area contributed by atoms with E-state index < -0.39 is 5.97 Å². The van der Waals surface area contributed by atoms with E-state index in [1.54, 1.807) is 0 Å². The molecule has 104 valence electrons. The predicted molar refractivity (Wildman–Crippen MR) is 74.7 cm³/mol. The number of rotatable bonds is 3. The minimum Gasteiger partial charge on any atom is -0.481 e. The van der Waals surface area contributed by atoms with Crippen molar-refractivity contribution in [3.63, 3.8) is 0 Å². The van der Waals surface area contributed by atoms with Crippen LogP contribution in [0.1, 0.15) is 24.0 Å². The van der Waals surface area contributed by atoms with Crippen LogP contribution in [0.4, 0.5) is 5.69 Å². The van der Waals surface area contributed by atoms with Crippen molar-refractivity contribution in [1.82, 2.24) is 0 Å². The van der Waals surface area contributed by atoms with Crippen LogP contribution in [0.2, 0.25) is 5.02 Å². The Morgan fingerprint density at radius 3 is 2.58 bits per heavy atom. The molecule has 0 saturated carbocycles. The fourth-order valence-corrected chi connectivity index (χ4v) is 2.82. The first-order valence-corrected chi connectivity index (χ1v) is 6.78. The highest BCUT2D eigenvalue weighted by Crippen LogP contribution is 2.32. The Hall–Kier alpha value is -1.26. The number of carboxylic acid groups (broad SMARTS) is 1. The number of carbonyl (C=O) groups is 1. The minimum absolute atomic E-state index is 0.0123. The molecule has 1 aliphatic rings. The second-order valence-electron chi connectivity index (χ2n) is 4.99. The van der Waals surface area contributed by atoms with Crippen LogP contribution in [-0.2, 0) is 11.4 Å². The maximum Gasteiger partial charge on any atom is 0.306 e. The molecular weight excluding hydrogens is 266 g/mol. The van der Waals surface area contributed by atoms with Gasteiger partial charge in [-0.1, -0.05) is 11.6 Å². The van der Waals surface area contributed by atoms with Gasteiger partial charge in [0.1, 0.15) is 0 Å². The summed E-state index contributed by atoms with van der Waals surface area (Å²) < 4.78 is 0. The lowest BCUT2D eigenvalue weighted by atomic mass is 9.96. The summed E-state index contributed by atoms with van der Waals surface area (Å²) >= 11 is 6.25. The first-order chi connectivity index (χ1) is 9.02. The minimum atomic E-state index is -0.717. The molecule has 0 atom stereocenters. The molecule has 4 nitrogen and oxygen atoms in total. The summed E-state index contributed by atoms with van der Waals surface area (Å²) in [6.07, 6.45) is 1.27. The monoisotopic (exact) mass is 283 g/mol. The van der Waals surface area contributed by atoms with E-state index in [2.05, 4.69) is 4.90 Å². The second-order valence-corrected chi connectivity index (χ2v) is 5.39. The lowest BCUT2D eigenvalue weighted by Crippen LogP contribution is -2.36. The number of piperidine rings is 1. The summed E-state index contributed by atoms with van der Waals surface area (Å²) in [5.74, 6) is -0.969. The van der Waals surface area contributed by atoms with Gasteiger partial charge in [0.05, 0.1) is 23.2 Å². The molecule has 0 unspecified atom stereocenters. The topological polar surface area (TPSA) is 60.8 Å². The highest BCUT2D eigenvalue weighted by atomic mass is 35.5. The van der Waals surface area contributed by atoms with Crippen molar-refractivity contribution >= 4 is 23.3 Å². The number of aliphatic hydroxyl groups is 1. The summed E-state index contributed by atoms with van der Waals surface area (Å²) in [5, 5.41) is 19.0. The first kappa shape index (κ1) is 14.2. The van der Waals surface area contributed by atoms with Gasteiger partial charge in [-0.05, 0) is 43.0 Å². The summed E-state index contributed by atoms with van der Waals surface area (Å²) in [6, 6.07) is 3.75. The molecule has 2 rings (SSSR count). The molecule has 1 heterocycles. The third-order valence-electron chi connectivity index (χ3n) is 3.76. The number of carboxylic acids is 1. The summed E-state index contributed by atoms with van der Waals surface area (Å²) in [4.78, 5) is 13.0. The summed E-state index contributed by atoms with van der Waals surface area (Å²) in [5.41, 5.74) is 2.72. The van der Waals surface area contributed by atoms with E-state index in [9.17, 15) is 9.90 Å². The number of hydrogen-bond donors (Lipinski definition) is 2. The van der Waals surface area contributed by atoms with Gasteiger partial charge >= 0.3 is 5.97 Å². The van der Waals surface area contributed by atoms with E-state index >= 15 is 0 Å². The van der Waals surface area contributed by atoms with E-state index in [0.717, 1.165) is 16.8 Å². The standard InChI is InChI=1S/C14H18ClNO3/c1-9-6-12(15)13(7-11(9)8-17)16-4-2-10(3-5-16)14(18)19/h6-7,10,17H,2-5,8H2,1H3,(H,18,19). The van der Waals surface area contributed by atoms with Crippen molar-refractivity contribution in [2.75, 3.05) is 18.0 Å². The van der Waals surface area contributed by atoms with Crippen molar-refractivity contribution < 1.29 is 15.0 Å². The Labute approximate surface area is 117 Å². The molecule has 0 amide bonds. The summed E-state index contributed by atoms with van der Waals surface area (Å²) in [6.45, 7) is 3.27. The van der Waals surface area contributed by atoms with Crippen LogP contribution < -0.4 is 4.90 Å². The zero-order valence-corrected chi connectivity index (χ0v) is 11.7. The number of aliphatic hydroxyl groups excluding tert-OH is 1. The fraction of sp³-hybridized carbons (Fsp3) is 0.500. The van der Waals surface area contributed by atoms with E-state index in [1.807, 2.05) is 19.1 Å². The quantitative estimate of drug-likeness (QED) is 0.894. The van der Waals surface area contributed by atoms with E-state index in [1.165, 1.54) is 0 Å². The Balaban J connectivity index is 2.17. The molecule has 0 spiro atoms. The number of hydrogen-bond acceptors (Lipinski definition) is 3. The number of aryl methyl sites for hydroxylation is 1. The van der Waals surface area contributed by atoms with Crippen LogP contribution in [0.5, 0.6) is 0 Å². The number of halogens is 1. The normalized spacial score (nSPS) is 16.7. The Morgan fingerprint density at radius 2 is 2.05 bits per heavy atom. The van der Waals surface area contributed by atoms with Crippen LogP contribution in [-0.4, -0.2) is 29.3 Å². The average molecular weight is 284 g/mol. The van der Waals surface area contributed by atoms with Gasteiger partial charge in [-0.2, -0.15) is 0 Å². The van der Waals surface area contributed by atoms with Crippen molar-refractivity contribution in [3.8, 4) is 0 Å². The molecule has 0 radical (unpaired) electrons. The highest BCUT2D eigenvalue weighted by Gasteiger charge is 2.25. The number of anilines is 1. The largest absolute Gasteiger partial charge is 0.481 e. The molecule has 5 heteroatoms. The Bertz CT molecular complexity index is 482. The van der Waals surface area contributed by atoms with Crippen LogP contribution >= 0.6 is 11.6 Å². The van der Waals surface area contributed by atoms with Crippen LogP contribution in [0, 0.1) is 12.8 Å². The van der Waals surface area contributed by atoms with Gasteiger partial charge in [0, 0.05) is 13.1 Å². The maximum atomic E-state index is 10.9. The summed E-state index contributed by atoms with van der Waals surface area (Å²) in [7, 11) is 0. The van der Waals surface area contributed by atoms with Gasteiger partial charge < -0.3 is 15.1 Å². The average Bonchev–Trinajstić information content (AvgIpc) is 2.39. The van der Waals surface area contributed by atoms with Crippen LogP contribution in [0.25, 0.3) is 0 Å². The molecule has 0 aromatic heterocycles. The van der Waals surface area contributed by atoms with Gasteiger partial charge in [0.25, 0.3) is 0 Å². The highest BCUT2D eigenvalue weighted by molar-refractivity contribution is 6.33. The van der Waals surface area contributed by atoms with E-state index in [4.69, 9.17) is 16.7 Å². The van der Waals surface area contributed by atoms with Crippen LogP contribution in [0.3, 0.4) is 0 Å². The van der Waals surface area contributed by atoms with E-state index in [-0.39, 0.29) is 12.5 Å². The third kappa shape index (κ3) is 3.01. The zero-order valence-electron chi connectivity index (χ0n) is 10.9. The Kier molecular flexibility index (Phi) is 4.32. The number of aliphatic carboxylic acids is 1. The predicted octanol–water partition coefficient (Wildman–Crippen LogP) is 2.44. The van der Waals surface area contributed by atoms with Gasteiger partial charge in [-0.3, -0.25) is 4.79 Å². The Morgan fingerprint density at radius 1 is 1.42 bits per heavy atom. The molecule has 1 saturated heterocycles. The zero-order chi connectivity index (χ0) is 14.0. The van der Waals surface area contributed by atoms with Crippen molar-refractivity contribution in [3.05, 3.63) is 28.3 Å². The van der Waals surface area contributed by atoms with E-state index in [0.29, 0.717) is 31.0 Å². The third-order valence-corrected chi connectivity index (χ3v) is 4.06. The van der Waals surface area contributed by atoms with Crippen molar-refractivity contribution in [2.24, 2.45) is 5.92 Å². The number of benzene rings is 1. The van der Waals surface area contributed by atoms with Gasteiger partial charge in [-0.25, -0.2) is 0 Å². The molecule has 0 aliphatic carbocycles. The molecule has 1 aliphatic heterocycles. The molecule has 1 aromatic rings. The maximum absolute atomic E-state index is 10.9. The molecule has 19 heavy (non-hydrogen) atoms. The molecular formula is C14H18ClNO3. The number of nitrogens with zero attached hydrogens (tertiary/aromatic N) is 1. The lowest BCUT2D eigenvalue weighted by Gasteiger charge is -2.33. The lowest BCUT2D eigenvalue weighted by molar-refractivity contribution is -0.142. The van der Waals surface area contributed by atoms with Crippen molar-refractivity contribution in [1.29, 1.82) is 0 Å². The first-order valence-electron chi connectivity index (χ1n) is 6.40. The molecule has 2 N–H and O–H groups in total.